The maximum Gasteiger partial charge on any atom is 0.331 e. The summed E-state index contributed by atoms with van der Waals surface area (Å²) in [4.78, 5) is 26.0. The fourth-order valence-corrected chi connectivity index (χ4v) is 2.49. The number of hydrogen-bond acceptors (Lipinski definition) is 4. The van der Waals surface area contributed by atoms with E-state index < -0.39 is 5.97 Å². The number of aromatic nitrogens is 1. The summed E-state index contributed by atoms with van der Waals surface area (Å²) in [7, 11) is 0. The number of thiazole rings is 1. The zero-order valence-corrected chi connectivity index (χ0v) is 13.6. The van der Waals surface area contributed by atoms with Crippen molar-refractivity contribution in [2.45, 2.75) is 13.8 Å². The maximum absolute atomic E-state index is 10.9. The van der Waals surface area contributed by atoms with Gasteiger partial charge in [0, 0.05) is 17.9 Å². The maximum atomic E-state index is 10.9. The monoisotopic (exact) mass is 328 g/mol. The van der Waals surface area contributed by atoms with Crippen molar-refractivity contribution in [1.82, 2.24) is 4.98 Å². The van der Waals surface area contributed by atoms with Crippen molar-refractivity contribution in [3.05, 3.63) is 52.0 Å². The van der Waals surface area contributed by atoms with Crippen LogP contribution in [0.15, 0.2) is 35.2 Å². The van der Waals surface area contributed by atoms with Gasteiger partial charge in [0.05, 0.1) is 5.69 Å². The molecule has 0 unspecified atom stereocenters. The van der Waals surface area contributed by atoms with Gasteiger partial charge in [-0.1, -0.05) is 30.3 Å². The molecule has 6 heteroatoms. The van der Waals surface area contributed by atoms with Gasteiger partial charge in [-0.25, -0.2) is 9.78 Å². The third-order valence-electron chi connectivity index (χ3n) is 2.91. The molecule has 1 aromatic heterocycles. The summed E-state index contributed by atoms with van der Waals surface area (Å²) in [5.41, 5.74) is 2.87. The third kappa shape index (κ3) is 5.19. The van der Waals surface area contributed by atoms with Gasteiger partial charge in [-0.2, -0.15) is 0 Å². The Bertz CT molecular complexity index is 773. The molecule has 0 aliphatic heterocycles. The summed E-state index contributed by atoms with van der Waals surface area (Å²) >= 11 is 1.37. The highest BCUT2D eigenvalue weighted by Gasteiger charge is 2.01. The van der Waals surface area contributed by atoms with E-state index >= 15 is 0 Å². The van der Waals surface area contributed by atoms with Gasteiger partial charge in [-0.3, -0.25) is 4.79 Å². The summed E-state index contributed by atoms with van der Waals surface area (Å²) < 4.78 is 0. The normalized spacial score (nSPS) is 11.7. The van der Waals surface area contributed by atoms with Crippen LogP contribution < -0.4 is 5.32 Å². The first-order chi connectivity index (χ1) is 10.9. The summed E-state index contributed by atoms with van der Waals surface area (Å²) in [5, 5.41) is 13.9. The highest BCUT2D eigenvalue weighted by molar-refractivity contribution is 7.14. The number of benzene rings is 1. The zero-order valence-electron chi connectivity index (χ0n) is 12.7. The quantitative estimate of drug-likeness (QED) is 0.819. The van der Waals surface area contributed by atoms with Gasteiger partial charge in [0.2, 0.25) is 5.91 Å². The van der Waals surface area contributed by atoms with Crippen LogP contribution >= 0.6 is 11.3 Å². The van der Waals surface area contributed by atoms with Gasteiger partial charge < -0.3 is 10.4 Å². The van der Waals surface area contributed by atoms with E-state index in [2.05, 4.69) is 10.3 Å². The summed E-state index contributed by atoms with van der Waals surface area (Å²) in [6.45, 7) is 3.00. The molecule has 1 heterocycles. The Kier molecular flexibility index (Phi) is 5.43. The van der Waals surface area contributed by atoms with Crippen molar-refractivity contribution < 1.29 is 14.7 Å². The lowest BCUT2D eigenvalue weighted by atomic mass is 10.1. The van der Waals surface area contributed by atoms with Crippen LogP contribution in [0.1, 0.15) is 30.7 Å². The number of carbonyl (C=O) groups excluding carboxylic acids is 1. The first kappa shape index (κ1) is 16.6. The molecule has 23 heavy (non-hydrogen) atoms. The number of anilines is 1. The molecular weight excluding hydrogens is 312 g/mol. The van der Waals surface area contributed by atoms with E-state index in [0.29, 0.717) is 10.7 Å². The number of carboxylic acid groups (broad SMARTS) is 1. The van der Waals surface area contributed by atoms with E-state index in [1.165, 1.54) is 18.3 Å². The average Bonchev–Trinajstić information content (AvgIpc) is 2.93. The van der Waals surface area contributed by atoms with E-state index in [0.717, 1.165) is 16.8 Å². The second-order valence-corrected chi connectivity index (χ2v) is 5.75. The van der Waals surface area contributed by atoms with Crippen molar-refractivity contribution in [2.24, 2.45) is 0 Å². The molecule has 0 bridgehead atoms. The Morgan fingerprint density at radius 1 is 1.13 bits per heavy atom. The van der Waals surface area contributed by atoms with Gasteiger partial charge in [0.15, 0.2) is 5.13 Å². The van der Waals surface area contributed by atoms with Gasteiger partial charge >= 0.3 is 5.97 Å². The molecule has 0 atom stereocenters. The molecule has 1 aromatic carbocycles. The number of nitrogens with one attached hydrogen (secondary N) is 1. The zero-order chi connectivity index (χ0) is 16.8. The van der Waals surface area contributed by atoms with Crippen LogP contribution in [0, 0.1) is 0 Å². The SMILES string of the molecule is CC(=O)Nc1nc(C=Cc2ccc(/C=C(\C)C(=O)O)cc2)cs1. The second kappa shape index (κ2) is 7.51. The Labute approximate surface area is 138 Å². The highest BCUT2D eigenvalue weighted by atomic mass is 32.1. The number of carbonyl (C=O) groups is 2. The van der Waals surface area contributed by atoms with Gasteiger partial charge in [-0.15, -0.1) is 11.3 Å². The molecule has 0 spiro atoms. The van der Waals surface area contributed by atoms with Crippen LogP contribution in [0.2, 0.25) is 0 Å². The topological polar surface area (TPSA) is 79.3 Å². The average molecular weight is 328 g/mol. The Hall–Kier alpha value is -2.73. The number of aliphatic carboxylic acids is 1. The number of hydrogen-bond donors (Lipinski definition) is 2. The molecule has 2 aromatic rings. The van der Waals surface area contributed by atoms with Crippen molar-refractivity contribution in [3.63, 3.8) is 0 Å². The number of carboxylic acids is 1. The van der Waals surface area contributed by atoms with Crippen LogP contribution in [0.3, 0.4) is 0 Å². The lowest BCUT2D eigenvalue weighted by Gasteiger charge is -1.97. The molecule has 118 valence electrons. The minimum absolute atomic E-state index is 0.143. The minimum Gasteiger partial charge on any atom is -0.478 e. The number of amides is 1. The van der Waals surface area contributed by atoms with Gasteiger partial charge in [-0.05, 0) is 30.2 Å². The molecule has 0 aliphatic carbocycles. The summed E-state index contributed by atoms with van der Waals surface area (Å²) in [5.74, 6) is -1.07. The fourth-order valence-electron chi connectivity index (χ4n) is 1.77. The molecule has 0 saturated carbocycles. The molecule has 2 N–H and O–H groups in total. The fraction of sp³-hybridized carbons (Fsp3) is 0.118. The van der Waals surface area contributed by atoms with Crippen molar-refractivity contribution in [2.75, 3.05) is 5.32 Å². The Balaban J connectivity index is 2.05. The molecule has 0 aliphatic rings. The second-order valence-electron chi connectivity index (χ2n) is 4.89. The molecule has 5 nitrogen and oxygen atoms in total. The largest absolute Gasteiger partial charge is 0.478 e. The highest BCUT2D eigenvalue weighted by Crippen LogP contribution is 2.18. The standard InChI is InChI=1S/C17H16N2O3S/c1-11(16(21)22)9-14-5-3-13(4-6-14)7-8-15-10-23-17(19-15)18-12(2)20/h3-10H,1-2H3,(H,21,22)(H,18,19,20)/b8-7?,11-9+. The summed E-state index contributed by atoms with van der Waals surface area (Å²) in [6.07, 6.45) is 5.38. The Morgan fingerprint density at radius 3 is 2.39 bits per heavy atom. The van der Waals surface area contributed by atoms with E-state index in [4.69, 9.17) is 5.11 Å². The molecule has 2 rings (SSSR count). The number of nitrogens with zero attached hydrogens (tertiary/aromatic N) is 1. The number of rotatable bonds is 5. The molecular formula is C17H16N2O3S. The predicted molar refractivity (Wildman–Crippen MR) is 93.1 cm³/mol. The van der Waals surface area contributed by atoms with Crippen LogP contribution in [0.4, 0.5) is 5.13 Å². The van der Waals surface area contributed by atoms with Gasteiger partial charge in [0.25, 0.3) is 0 Å². The van der Waals surface area contributed by atoms with Crippen molar-refractivity contribution in [3.8, 4) is 0 Å². The van der Waals surface area contributed by atoms with Crippen LogP contribution in [0.25, 0.3) is 18.2 Å². The Morgan fingerprint density at radius 2 is 1.78 bits per heavy atom. The molecule has 0 saturated heterocycles. The minimum atomic E-state index is -0.924. The molecule has 0 fully saturated rings. The lowest BCUT2D eigenvalue weighted by Crippen LogP contribution is -2.04. The predicted octanol–water partition coefficient (Wildman–Crippen LogP) is 3.76. The van der Waals surface area contributed by atoms with E-state index in [1.54, 1.807) is 13.0 Å². The molecule has 1 amide bonds. The lowest BCUT2D eigenvalue weighted by molar-refractivity contribution is -0.132. The van der Waals surface area contributed by atoms with E-state index in [1.807, 2.05) is 41.8 Å². The van der Waals surface area contributed by atoms with Crippen LogP contribution in [-0.4, -0.2) is 22.0 Å². The van der Waals surface area contributed by atoms with Crippen molar-refractivity contribution in [1.29, 1.82) is 0 Å². The van der Waals surface area contributed by atoms with Crippen LogP contribution in [0.5, 0.6) is 0 Å². The first-order valence-electron chi connectivity index (χ1n) is 6.87. The van der Waals surface area contributed by atoms with E-state index in [9.17, 15) is 9.59 Å². The summed E-state index contributed by atoms with van der Waals surface area (Å²) in [6, 6.07) is 7.52. The van der Waals surface area contributed by atoms with E-state index in [-0.39, 0.29) is 5.91 Å². The van der Waals surface area contributed by atoms with Crippen molar-refractivity contribution >= 4 is 46.6 Å². The van der Waals surface area contributed by atoms with Gasteiger partial charge in [0.1, 0.15) is 0 Å². The smallest absolute Gasteiger partial charge is 0.331 e. The first-order valence-corrected chi connectivity index (χ1v) is 7.75. The molecule has 0 radical (unpaired) electrons. The van der Waals surface area contributed by atoms with Crippen LogP contribution in [-0.2, 0) is 9.59 Å². The third-order valence-corrected chi connectivity index (χ3v) is 3.68.